The molecule has 1 saturated heterocycles. The molecule has 2 aliphatic carbocycles. The zero-order valence-corrected chi connectivity index (χ0v) is 27.9. The van der Waals surface area contributed by atoms with Crippen molar-refractivity contribution in [3.05, 3.63) is 96.9 Å². The molecule has 4 aromatic rings. The molecule has 3 fully saturated rings. The molecule has 0 unspecified atom stereocenters. The molecule has 3 heterocycles. The average molecular weight is 709 g/mol. The van der Waals surface area contributed by atoms with Crippen LogP contribution in [-0.2, 0) is 14.4 Å². The first-order valence-corrected chi connectivity index (χ1v) is 17.6. The van der Waals surface area contributed by atoms with Crippen LogP contribution >= 0.6 is 46.3 Å². The number of aromatic nitrogens is 1. The van der Waals surface area contributed by atoms with Crippen molar-refractivity contribution in [2.24, 2.45) is 29.6 Å². The third-order valence-electron chi connectivity index (χ3n) is 9.85. The van der Waals surface area contributed by atoms with Gasteiger partial charge in [0.15, 0.2) is 18.1 Å². The zero-order chi connectivity index (χ0) is 32.6. The highest BCUT2D eigenvalue weighted by Gasteiger charge is 2.69. The number of methoxy groups -OCH3 is 1. The van der Waals surface area contributed by atoms with Crippen molar-refractivity contribution in [2.45, 2.75) is 22.6 Å². The molecule has 9 nitrogen and oxygen atoms in total. The summed E-state index contributed by atoms with van der Waals surface area (Å²) in [4.78, 5) is 58.2. The standard InChI is InChI=1S/C34H27Cl2N3O6S2/c1-44-23-11-15(7-10-22(23)45-14-24(40)37-16-8-9-20(35)21(36)12-16)25-26-18-13-19(29(26)46-31-30(25)47-34(43)38-31)28-27(18)32(41)39(33(28)42)17-5-3-2-4-6-17/h2-12,18-19,25-29H,13-14H2,1H3,(H,37,40)(H,38,43)/t18-,19-,25+,26-,27+,28+,29-/m1/s1. The Kier molecular flexibility index (Phi) is 7.63. The van der Waals surface area contributed by atoms with E-state index in [0.29, 0.717) is 32.9 Å². The lowest BCUT2D eigenvalue weighted by molar-refractivity contribution is -0.123. The molecule has 1 aromatic heterocycles. The molecule has 13 heteroatoms. The van der Waals surface area contributed by atoms with Crippen molar-refractivity contribution in [3.8, 4) is 11.5 Å². The number of thiazole rings is 1. The van der Waals surface area contributed by atoms with Crippen LogP contribution in [0.1, 0.15) is 22.8 Å². The predicted octanol–water partition coefficient (Wildman–Crippen LogP) is 6.45. The van der Waals surface area contributed by atoms with E-state index in [0.717, 1.165) is 21.9 Å². The van der Waals surface area contributed by atoms with Crippen LogP contribution in [0.3, 0.4) is 0 Å². The Labute approximate surface area is 287 Å². The Bertz CT molecular complexity index is 2000. The van der Waals surface area contributed by atoms with Gasteiger partial charge in [-0.25, -0.2) is 0 Å². The first kappa shape index (κ1) is 30.6. The van der Waals surface area contributed by atoms with Gasteiger partial charge in [0.05, 0.1) is 39.7 Å². The third kappa shape index (κ3) is 4.97. The summed E-state index contributed by atoms with van der Waals surface area (Å²) in [6.45, 7) is -0.273. The van der Waals surface area contributed by atoms with Gasteiger partial charge in [0.1, 0.15) is 0 Å². The number of anilines is 2. The van der Waals surface area contributed by atoms with Crippen molar-refractivity contribution < 1.29 is 23.9 Å². The Morgan fingerprint density at radius 3 is 2.47 bits per heavy atom. The second-order valence-electron chi connectivity index (χ2n) is 12.2. The molecule has 47 heavy (non-hydrogen) atoms. The van der Waals surface area contributed by atoms with Crippen molar-refractivity contribution in [1.29, 1.82) is 0 Å². The van der Waals surface area contributed by atoms with Crippen LogP contribution in [0.15, 0.2) is 76.6 Å². The SMILES string of the molecule is COc1cc([C@@H]2c3sc(=O)[nH]c3S[C@@H]3[C@@H]4C[C@@H]([C@@H]5C(=O)N(c6ccccc6)C(=O)[C@@H]45)[C@H]23)ccc1OCC(=O)Nc1ccc(Cl)c(Cl)c1. The van der Waals surface area contributed by atoms with Crippen molar-refractivity contribution in [3.63, 3.8) is 0 Å². The van der Waals surface area contributed by atoms with Crippen LogP contribution in [0, 0.1) is 29.6 Å². The molecular weight excluding hydrogens is 681 g/mol. The number of hydrogen-bond acceptors (Lipinski definition) is 8. The minimum Gasteiger partial charge on any atom is -0.493 e. The number of nitrogens with zero attached hydrogens (tertiary/aromatic N) is 1. The number of halogens is 2. The monoisotopic (exact) mass is 707 g/mol. The van der Waals surface area contributed by atoms with Crippen LogP contribution in [0.4, 0.5) is 11.4 Å². The Hall–Kier alpha value is -3.77. The molecule has 2 bridgehead atoms. The van der Waals surface area contributed by atoms with Crippen molar-refractivity contribution >= 4 is 75.4 Å². The van der Waals surface area contributed by atoms with Crippen LogP contribution in [0.2, 0.25) is 10.0 Å². The Morgan fingerprint density at radius 2 is 1.72 bits per heavy atom. The van der Waals surface area contributed by atoms with Crippen LogP contribution in [0.25, 0.3) is 0 Å². The van der Waals surface area contributed by atoms with Gasteiger partial charge in [-0.05, 0) is 72.2 Å². The first-order valence-electron chi connectivity index (χ1n) is 15.1. The normalized spacial score (nSPS) is 27.0. The Balaban J connectivity index is 1.08. The number of amides is 3. The molecule has 240 valence electrons. The second kappa shape index (κ2) is 11.7. The molecule has 3 aromatic carbocycles. The summed E-state index contributed by atoms with van der Waals surface area (Å²) in [7, 11) is 1.53. The highest BCUT2D eigenvalue weighted by Crippen LogP contribution is 2.68. The lowest BCUT2D eigenvalue weighted by atomic mass is 9.68. The fourth-order valence-electron chi connectivity index (χ4n) is 8.13. The molecular formula is C34H27Cl2N3O6S2. The lowest BCUT2D eigenvalue weighted by Crippen LogP contribution is -2.42. The molecule has 2 saturated carbocycles. The minimum atomic E-state index is -0.396. The minimum absolute atomic E-state index is 0.0164. The molecule has 3 amide bonds. The number of ether oxygens (including phenoxy) is 2. The Morgan fingerprint density at radius 1 is 0.957 bits per heavy atom. The number of fused-ring (bicyclic) bond motifs is 9. The highest BCUT2D eigenvalue weighted by atomic mass is 35.5. The van der Waals surface area contributed by atoms with E-state index in [1.165, 1.54) is 23.3 Å². The van der Waals surface area contributed by atoms with E-state index < -0.39 is 5.92 Å². The summed E-state index contributed by atoms with van der Waals surface area (Å²) in [5, 5.41) is 4.33. The molecule has 2 N–H and O–H groups in total. The van der Waals surface area contributed by atoms with Gasteiger partial charge in [-0.15, -0.1) is 11.8 Å². The van der Waals surface area contributed by atoms with Gasteiger partial charge in [0.2, 0.25) is 11.8 Å². The van der Waals surface area contributed by atoms with Crippen LogP contribution in [-0.4, -0.2) is 41.7 Å². The summed E-state index contributed by atoms with van der Waals surface area (Å²) < 4.78 is 11.6. The van der Waals surface area contributed by atoms with E-state index in [4.69, 9.17) is 32.7 Å². The fraction of sp³-hybridized carbons (Fsp3) is 0.294. The van der Waals surface area contributed by atoms with E-state index in [9.17, 15) is 19.2 Å². The summed E-state index contributed by atoms with van der Waals surface area (Å²) in [5.74, 6) is -0.739. The quantitative estimate of drug-likeness (QED) is 0.212. The molecule has 7 atom stereocenters. The molecule has 0 spiro atoms. The number of imide groups is 1. The number of rotatable bonds is 7. The largest absolute Gasteiger partial charge is 0.493 e. The van der Waals surface area contributed by atoms with Gasteiger partial charge in [-0.2, -0.15) is 0 Å². The number of nitrogens with one attached hydrogen (secondary N) is 2. The molecule has 8 rings (SSSR count). The maximum Gasteiger partial charge on any atom is 0.305 e. The molecule has 4 aliphatic rings. The van der Waals surface area contributed by atoms with Crippen molar-refractivity contribution in [1.82, 2.24) is 4.98 Å². The van der Waals surface area contributed by atoms with E-state index in [1.54, 1.807) is 48.2 Å². The van der Waals surface area contributed by atoms with Gasteiger partial charge in [-0.3, -0.25) is 24.1 Å². The van der Waals surface area contributed by atoms with Gasteiger partial charge >= 0.3 is 4.87 Å². The topological polar surface area (TPSA) is 118 Å². The zero-order valence-electron chi connectivity index (χ0n) is 24.8. The number of thioether (sulfide) groups is 1. The third-order valence-corrected chi connectivity index (χ3v) is 13.2. The highest BCUT2D eigenvalue weighted by molar-refractivity contribution is 8.00. The number of aromatic amines is 1. The van der Waals surface area contributed by atoms with E-state index in [-0.39, 0.29) is 64.0 Å². The number of hydrogen-bond donors (Lipinski definition) is 2. The van der Waals surface area contributed by atoms with Gasteiger partial charge in [0, 0.05) is 21.7 Å². The molecule has 0 radical (unpaired) electrons. The maximum absolute atomic E-state index is 13.9. The number of para-hydroxylation sites is 1. The van der Waals surface area contributed by atoms with Gasteiger partial charge in [-0.1, -0.05) is 58.8 Å². The van der Waals surface area contributed by atoms with Crippen LogP contribution in [0.5, 0.6) is 11.5 Å². The lowest BCUT2D eigenvalue weighted by Gasteiger charge is -2.43. The number of carbonyl (C=O) groups excluding carboxylic acids is 3. The number of carbonyl (C=O) groups is 3. The first-order chi connectivity index (χ1) is 22.7. The fourth-order valence-corrected chi connectivity index (χ4v) is 11.3. The summed E-state index contributed by atoms with van der Waals surface area (Å²) in [6, 6.07) is 19.5. The van der Waals surface area contributed by atoms with E-state index in [1.807, 2.05) is 30.3 Å². The van der Waals surface area contributed by atoms with E-state index >= 15 is 0 Å². The van der Waals surface area contributed by atoms with Gasteiger partial charge < -0.3 is 19.8 Å². The number of benzene rings is 3. The van der Waals surface area contributed by atoms with E-state index in [2.05, 4.69) is 10.3 Å². The van der Waals surface area contributed by atoms with Crippen LogP contribution < -0.4 is 24.6 Å². The summed E-state index contributed by atoms with van der Waals surface area (Å²) in [6.07, 6.45) is 0.791. The second-order valence-corrected chi connectivity index (χ2v) is 15.2. The van der Waals surface area contributed by atoms with Crippen molar-refractivity contribution in [2.75, 3.05) is 23.9 Å². The smallest absolute Gasteiger partial charge is 0.305 e. The predicted molar refractivity (Wildman–Crippen MR) is 181 cm³/mol. The molecule has 2 aliphatic heterocycles. The summed E-state index contributed by atoms with van der Waals surface area (Å²) in [5.41, 5.74) is 2.02. The van der Waals surface area contributed by atoms with Gasteiger partial charge in [0.25, 0.3) is 5.91 Å². The summed E-state index contributed by atoms with van der Waals surface area (Å²) >= 11 is 14.9. The average Bonchev–Trinajstić information content (AvgIpc) is 3.80. The maximum atomic E-state index is 13.9. The number of H-pyrrole nitrogens is 1.